The first-order valence-electron chi connectivity index (χ1n) is 6.51. The molecule has 0 bridgehead atoms. The molecular weight excluding hydrogens is 305 g/mol. The Bertz CT molecular complexity index is 593. The number of halogens is 2. The summed E-state index contributed by atoms with van der Waals surface area (Å²) in [6.45, 7) is 0.672. The molecule has 0 saturated heterocycles. The Morgan fingerprint density at radius 3 is 2.68 bits per heavy atom. The maximum atomic E-state index is 13.7. The van der Waals surface area contributed by atoms with Gasteiger partial charge in [0.25, 0.3) is 0 Å². The summed E-state index contributed by atoms with van der Waals surface area (Å²) in [4.78, 5) is 0. The molecule has 0 amide bonds. The first-order chi connectivity index (χ1) is 9.24. The van der Waals surface area contributed by atoms with Crippen LogP contribution < -0.4 is 5.32 Å². The Balaban J connectivity index is 1.75. The molecule has 2 aromatic rings. The van der Waals surface area contributed by atoms with E-state index in [-0.39, 0.29) is 5.82 Å². The standard InChI is InChI=1S/C16H15BrFN/c17-13-7-8-16(15(18)9-13)19-10-12-3-1-2-4-14(12)11-5-6-11/h1-4,7-9,11,19H,5-6,10H2. The zero-order valence-electron chi connectivity index (χ0n) is 10.5. The fourth-order valence-corrected chi connectivity index (χ4v) is 2.64. The number of hydrogen-bond acceptors (Lipinski definition) is 1. The van der Waals surface area contributed by atoms with Crippen molar-refractivity contribution in [3.63, 3.8) is 0 Å². The number of anilines is 1. The summed E-state index contributed by atoms with van der Waals surface area (Å²) in [6.07, 6.45) is 2.56. The van der Waals surface area contributed by atoms with Crippen LogP contribution in [0.4, 0.5) is 10.1 Å². The molecule has 98 valence electrons. The van der Waals surface area contributed by atoms with Gasteiger partial charge in [-0.3, -0.25) is 0 Å². The molecule has 0 radical (unpaired) electrons. The van der Waals surface area contributed by atoms with E-state index < -0.39 is 0 Å². The molecule has 1 aliphatic rings. The maximum absolute atomic E-state index is 13.7. The van der Waals surface area contributed by atoms with Crippen molar-refractivity contribution in [3.05, 3.63) is 63.9 Å². The summed E-state index contributed by atoms with van der Waals surface area (Å²) in [5.41, 5.74) is 3.23. The van der Waals surface area contributed by atoms with E-state index in [4.69, 9.17) is 0 Å². The summed E-state index contributed by atoms with van der Waals surface area (Å²) >= 11 is 3.26. The van der Waals surface area contributed by atoms with Gasteiger partial charge in [0.1, 0.15) is 5.82 Å². The second-order valence-electron chi connectivity index (χ2n) is 4.95. The smallest absolute Gasteiger partial charge is 0.147 e. The second-order valence-corrected chi connectivity index (χ2v) is 5.87. The Labute approximate surface area is 121 Å². The molecule has 1 aliphatic carbocycles. The van der Waals surface area contributed by atoms with Crippen molar-refractivity contribution in [2.45, 2.75) is 25.3 Å². The third kappa shape index (κ3) is 2.98. The fraction of sp³-hybridized carbons (Fsp3) is 0.250. The molecule has 1 saturated carbocycles. The van der Waals surface area contributed by atoms with Gasteiger partial charge in [0.2, 0.25) is 0 Å². The van der Waals surface area contributed by atoms with Gasteiger partial charge >= 0.3 is 0 Å². The Hall–Kier alpha value is -1.35. The quantitative estimate of drug-likeness (QED) is 0.828. The van der Waals surface area contributed by atoms with Crippen LogP contribution in [0.1, 0.15) is 29.9 Å². The minimum absolute atomic E-state index is 0.224. The lowest BCUT2D eigenvalue weighted by atomic mass is 10.0. The lowest BCUT2D eigenvalue weighted by molar-refractivity contribution is 0.629. The normalized spacial score (nSPS) is 14.4. The van der Waals surface area contributed by atoms with E-state index in [0.29, 0.717) is 18.2 Å². The van der Waals surface area contributed by atoms with Gasteiger partial charge < -0.3 is 5.32 Å². The third-order valence-electron chi connectivity index (χ3n) is 3.47. The van der Waals surface area contributed by atoms with Gasteiger partial charge in [-0.2, -0.15) is 0 Å². The van der Waals surface area contributed by atoms with E-state index in [2.05, 4.69) is 39.4 Å². The minimum Gasteiger partial charge on any atom is -0.379 e. The van der Waals surface area contributed by atoms with E-state index in [9.17, 15) is 4.39 Å². The van der Waals surface area contributed by atoms with Crippen molar-refractivity contribution >= 4 is 21.6 Å². The van der Waals surface area contributed by atoms with Crippen molar-refractivity contribution in [2.75, 3.05) is 5.32 Å². The third-order valence-corrected chi connectivity index (χ3v) is 3.97. The summed E-state index contributed by atoms with van der Waals surface area (Å²) in [6, 6.07) is 13.5. The Kier molecular flexibility index (Phi) is 3.56. The highest BCUT2D eigenvalue weighted by Crippen LogP contribution is 2.41. The molecule has 3 heteroatoms. The number of rotatable bonds is 4. The molecule has 3 rings (SSSR count). The van der Waals surface area contributed by atoms with Crippen LogP contribution in [0.5, 0.6) is 0 Å². The monoisotopic (exact) mass is 319 g/mol. The summed E-state index contributed by atoms with van der Waals surface area (Å²) in [7, 11) is 0. The van der Waals surface area contributed by atoms with Crippen LogP contribution in [0.15, 0.2) is 46.9 Å². The van der Waals surface area contributed by atoms with Crippen LogP contribution in [0, 0.1) is 5.82 Å². The fourth-order valence-electron chi connectivity index (χ4n) is 2.31. The highest BCUT2D eigenvalue weighted by Gasteiger charge is 2.25. The molecule has 0 atom stereocenters. The first kappa shape index (κ1) is 12.7. The zero-order chi connectivity index (χ0) is 13.2. The molecule has 2 aromatic carbocycles. The van der Waals surface area contributed by atoms with Gasteiger partial charge in [-0.25, -0.2) is 4.39 Å². The van der Waals surface area contributed by atoms with Gasteiger partial charge in [0, 0.05) is 11.0 Å². The van der Waals surface area contributed by atoms with E-state index >= 15 is 0 Å². The van der Waals surface area contributed by atoms with Crippen molar-refractivity contribution in [1.29, 1.82) is 0 Å². The average Bonchev–Trinajstić information content (AvgIpc) is 3.22. The molecule has 0 spiro atoms. The Morgan fingerprint density at radius 2 is 1.95 bits per heavy atom. The molecule has 0 heterocycles. The second kappa shape index (κ2) is 5.33. The van der Waals surface area contributed by atoms with Crippen LogP contribution >= 0.6 is 15.9 Å². The van der Waals surface area contributed by atoms with E-state index in [0.717, 1.165) is 4.47 Å². The van der Waals surface area contributed by atoms with Crippen molar-refractivity contribution < 1.29 is 4.39 Å². The minimum atomic E-state index is -0.224. The van der Waals surface area contributed by atoms with Crippen LogP contribution in [0.3, 0.4) is 0 Å². The SMILES string of the molecule is Fc1cc(Br)ccc1NCc1ccccc1C1CC1. The van der Waals surface area contributed by atoms with Crippen LogP contribution in [-0.4, -0.2) is 0 Å². The highest BCUT2D eigenvalue weighted by atomic mass is 79.9. The van der Waals surface area contributed by atoms with E-state index in [1.54, 1.807) is 6.07 Å². The molecule has 1 fully saturated rings. The van der Waals surface area contributed by atoms with E-state index in [1.807, 2.05) is 12.1 Å². The van der Waals surface area contributed by atoms with Gasteiger partial charge in [0.05, 0.1) is 5.69 Å². The van der Waals surface area contributed by atoms with Crippen molar-refractivity contribution in [2.24, 2.45) is 0 Å². The zero-order valence-corrected chi connectivity index (χ0v) is 12.1. The van der Waals surface area contributed by atoms with Gasteiger partial charge in [-0.1, -0.05) is 40.2 Å². The van der Waals surface area contributed by atoms with Crippen LogP contribution in [0.2, 0.25) is 0 Å². The van der Waals surface area contributed by atoms with Gasteiger partial charge in [0.15, 0.2) is 0 Å². The molecule has 19 heavy (non-hydrogen) atoms. The highest BCUT2D eigenvalue weighted by molar-refractivity contribution is 9.10. The maximum Gasteiger partial charge on any atom is 0.147 e. The van der Waals surface area contributed by atoms with Crippen LogP contribution in [-0.2, 0) is 6.54 Å². The molecular formula is C16H15BrFN. The van der Waals surface area contributed by atoms with E-state index in [1.165, 1.54) is 30.0 Å². The van der Waals surface area contributed by atoms with Crippen LogP contribution in [0.25, 0.3) is 0 Å². The van der Waals surface area contributed by atoms with Gasteiger partial charge in [-0.05, 0) is 48.1 Å². The Morgan fingerprint density at radius 1 is 1.16 bits per heavy atom. The first-order valence-corrected chi connectivity index (χ1v) is 7.30. The number of benzene rings is 2. The number of hydrogen-bond donors (Lipinski definition) is 1. The topological polar surface area (TPSA) is 12.0 Å². The summed E-state index contributed by atoms with van der Waals surface area (Å²) < 4.78 is 14.5. The lowest BCUT2D eigenvalue weighted by Gasteiger charge is -2.11. The predicted octanol–water partition coefficient (Wildman–Crippen LogP) is 5.08. The number of nitrogens with one attached hydrogen (secondary N) is 1. The van der Waals surface area contributed by atoms with Crippen molar-refractivity contribution in [1.82, 2.24) is 0 Å². The summed E-state index contributed by atoms with van der Waals surface area (Å²) in [5.74, 6) is 0.492. The molecule has 1 N–H and O–H groups in total. The molecule has 0 aliphatic heterocycles. The average molecular weight is 320 g/mol. The predicted molar refractivity (Wildman–Crippen MR) is 79.8 cm³/mol. The lowest BCUT2D eigenvalue weighted by Crippen LogP contribution is -2.03. The molecule has 0 unspecified atom stereocenters. The van der Waals surface area contributed by atoms with Gasteiger partial charge in [-0.15, -0.1) is 0 Å². The van der Waals surface area contributed by atoms with Crippen molar-refractivity contribution in [3.8, 4) is 0 Å². The molecule has 1 nitrogen and oxygen atoms in total. The largest absolute Gasteiger partial charge is 0.379 e. The summed E-state index contributed by atoms with van der Waals surface area (Å²) in [5, 5.41) is 3.18. The molecule has 0 aromatic heterocycles.